The monoisotopic (exact) mass is 435 g/mol. The number of nitrogens with two attached hydrogens (primary N) is 1. The van der Waals surface area contributed by atoms with Crippen LogP contribution in [0.2, 0.25) is 0 Å². The number of carbonyl (C=O) groups excluding carboxylic acids is 1. The second kappa shape index (κ2) is 9.54. The Labute approximate surface area is 185 Å². The molecule has 30 heavy (non-hydrogen) atoms. The molecule has 0 saturated carbocycles. The molecule has 1 aromatic carbocycles. The van der Waals surface area contributed by atoms with E-state index in [2.05, 4.69) is 35.8 Å². The molecule has 1 aromatic heterocycles. The van der Waals surface area contributed by atoms with Crippen LogP contribution in [-0.4, -0.2) is 73.0 Å². The summed E-state index contributed by atoms with van der Waals surface area (Å²) >= 11 is 0. The van der Waals surface area contributed by atoms with Crippen LogP contribution in [0.5, 0.6) is 0 Å². The molecule has 2 unspecified atom stereocenters. The number of para-hydroxylation sites is 1. The van der Waals surface area contributed by atoms with Crippen LogP contribution < -0.4 is 10.6 Å². The summed E-state index contributed by atoms with van der Waals surface area (Å²) in [5, 5.41) is 0. The first-order valence-corrected chi connectivity index (χ1v) is 10.8. The van der Waals surface area contributed by atoms with Crippen molar-refractivity contribution in [1.82, 2.24) is 14.8 Å². The van der Waals surface area contributed by atoms with E-state index in [1.54, 1.807) is 12.1 Å². The third kappa shape index (κ3) is 4.58. The number of halogens is 1. The molecular weight excluding hydrogens is 402 g/mol. The molecule has 2 aliphatic heterocycles. The maximum Gasteiger partial charge on any atom is 0.298 e. The molecule has 2 aromatic rings. The van der Waals surface area contributed by atoms with Gasteiger partial charge in [-0.25, -0.2) is 0 Å². The highest BCUT2D eigenvalue weighted by Crippen LogP contribution is 2.37. The number of carbonyl (C=O) groups is 1. The quantitative estimate of drug-likeness (QED) is 0.719. The van der Waals surface area contributed by atoms with E-state index in [4.69, 9.17) is 15.1 Å². The number of nitrogens with zero attached hydrogens (tertiary/aromatic N) is 4. The Morgan fingerprint density at radius 2 is 1.93 bits per heavy atom. The number of anilines is 1. The van der Waals surface area contributed by atoms with Gasteiger partial charge in [0.05, 0.1) is 5.56 Å². The lowest BCUT2D eigenvalue weighted by atomic mass is 9.81. The van der Waals surface area contributed by atoms with Gasteiger partial charge in [-0.3, -0.25) is 4.79 Å². The molecule has 166 valence electrons. The predicted octanol–water partition coefficient (Wildman–Crippen LogP) is 3.12. The second-order valence-corrected chi connectivity index (χ2v) is 8.89. The van der Waals surface area contributed by atoms with E-state index in [1.807, 2.05) is 6.07 Å². The van der Waals surface area contributed by atoms with E-state index < -0.39 is 5.91 Å². The molecule has 1 amide bonds. The van der Waals surface area contributed by atoms with Crippen LogP contribution in [0.4, 0.5) is 6.01 Å². The number of primary amides is 1. The molecule has 2 bridgehead atoms. The van der Waals surface area contributed by atoms with E-state index in [0.29, 0.717) is 40.8 Å². The number of piperidine rings is 2. The van der Waals surface area contributed by atoms with Crippen LogP contribution in [0.1, 0.15) is 48.9 Å². The second-order valence-electron chi connectivity index (χ2n) is 8.89. The van der Waals surface area contributed by atoms with Gasteiger partial charge in [0.15, 0.2) is 5.58 Å². The molecule has 8 heteroatoms. The van der Waals surface area contributed by atoms with Crippen LogP contribution in [0.3, 0.4) is 0 Å². The highest BCUT2D eigenvalue weighted by Gasteiger charge is 2.39. The Kier molecular flexibility index (Phi) is 7.26. The average molecular weight is 436 g/mol. The first-order valence-electron chi connectivity index (χ1n) is 10.8. The van der Waals surface area contributed by atoms with Crippen molar-refractivity contribution < 1.29 is 9.21 Å². The molecule has 0 spiro atoms. The number of hydrogen-bond acceptors (Lipinski definition) is 6. The van der Waals surface area contributed by atoms with E-state index >= 15 is 0 Å². The summed E-state index contributed by atoms with van der Waals surface area (Å²) in [5.41, 5.74) is 7.17. The van der Waals surface area contributed by atoms with Gasteiger partial charge in [0, 0.05) is 24.7 Å². The number of fused-ring (bicyclic) bond motifs is 3. The summed E-state index contributed by atoms with van der Waals surface area (Å²) in [5.74, 6) is -0.469. The molecule has 3 heterocycles. The number of hydrogen-bond donors (Lipinski definition) is 1. The molecule has 0 aliphatic carbocycles. The molecule has 2 fully saturated rings. The van der Waals surface area contributed by atoms with Crippen LogP contribution in [0.25, 0.3) is 11.1 Å². The molecule has 2 atom stereocenters. The van der Waals surface area contributed by atoms with Crippen molar-refractivity contribution in [2.45, 2.75) is 56.7 Å². The van der Waals surface area contributed by atoms with Gasteiger partial charge in [-0.2, -0.15) is 4.98 Å². The normalized spacial score (nSPS) is 24.1. The number of aromatic nitrogens is 1. The van der Waals surface area contributed by atoms with Gasteiger partial charge in [0.1, 0.15) is 5.52 Å². The van der Waals surface area contributed by atoms with E-state index in [0.717, 1.165) is 32.4 Å². The number of rotatable bonds is 7. The lowest BCUT2D eigenvalue weighted by molar-refractivity contribution is 0.0539. The zero-order chi connectivity index (χ0) is 20.5. The molecule has 2 aliphatic rings. The minimum atomic E-state index is -0.469. The molecule has 7 nitrogen and oxygen atoms in total. The van der Waals surface area contributed by atoms with Crippen LogP contribution >= 0.6 is 12.4 Å². The van der Waals surface area contributed by atoms with Crippen molar-refractivity contribution in [2.24, 2.45) is 5.73 Å². The fourth-order valence-electron chi connectivity index (χ4n) is 5.09. The summed E-state index contributed by atoms with van der Waals surface area (Å²) in [4.78, 5) is 23.7. The molecular formula is C22H34ClN5O2. The number of benzene rings is 1. The average Bonchev–Trinajstić information content (AvgIpc) is 3.08. The van der Waals surface area contributed by atoms with Crippen molar-refractivity contribution in [1.29, 1.82) is 0 Å². The topological polar surface area (TPSA) is 78.8 Å². The standard InChI is InChI=1S/C22H33N5O2.ClH/c1-25(2)11-6-12-27(17-13-15-7-4-8-16(14-17)26(15)3)22-24-20-18(21(23)28)9-5-10-19(20)29-22;/h5,9-10,15-17H,4,6-8,11-14H2,1-3H3,(H2,23,28);1H. The SMILES string of the molecule is CN(C)CCCN(c1nc2c(C(N)=O)cccc2o1)C1CC2CCCC(C1)N2C.Cl. The van der Waals surface area contributed by atoms with Gasteiger partial charge in [0.2, 0.25) is 0 Å². The van der Waals surface area contributed by atoms with Gasteiger partial charge < -0.3 is 24.9 Å². The summed E-state index contributed by atoms with van der Waals surface area (Å²) in [6.45, 7) is 1.91. The Morgan fingerprint density at radius 1 is 1.23 bits per heavy atom. The molecule has 2 saturated heterocycles. The van der Waals surface area contributed by atoms with Crippen molar-refractivity contribution in [3.05, 3.63) is 23.8 Å². The predicted molar refractivity (Wildman–Crippen MR) is 123 cm³/mol. The largest absolute Gasteiger partial charge is 0.423 e. The summed E-state index contributed by atoms with van der Waals surface area (Å²) in [7, 11) is 6.48. The summed E-state index contributed by atoms with van der Waals surface area (Å²) < 4.78 is 6.16. The zero-order valence-corrected chi connectivity index (χ0v) is 19.0. The molecule has 4 rings (SSSR count). The minimum Gasteiger partial charge on any atom is -0.423 e. The smallest absolute Gasteiger partial charge is 0.298 e. The highest BCUT2D eigenvalue weighted by atomic mass is 35.5. The van der Waals surface area contributed by atoms with Gasteiger partial charge in [-0.15, -0.1) is 12.4 Å². The van der Waals surface area contributed by atoms with Crippen molar-refractivity contribution in [3.63, 3.8) is 0 Å². The number of oxazole rings is 1. The first kappa shape index (κ1) is 22.8. The van der Waals surface area contributed by atoms with Crippen molar-refractivity contribution >= 4 is 35.4 Å². The van der Waals surface area contributed by atoms with Gasteiger partial charge in [-0.1, -0.05) is 12.5 Å². The number of amides is 1. The Morgan fingerprint density at radius 3 is 2.57 bits per heavy atom. The Hall–Kier alpha value is -1.83. The van der Waals surface area contributed by atoms with E-state index in [-0.39, 0.29) is 12.4 Å². The fraction of sp³-hybridized carbons (Fsp3) is 0.636. The van der Waals surface area contributed by atoms with E-state index in [1.165, 1.54) is 19.3 Å². The first-order chi connectivity index (χ1) is 13.9. The Bertz CT molecular complexity index is 856. The summed E-state index contributed by atoms with van der Waals surface area (Å²) in [6.07, 6.45) is 7.18. The maximum atomic E-state index is 11.8. The van der Waals surface area contributed by atoms with Crippen LogP contribution in [-0.2, 0) is 0 Å². The van der Waals surface area contributed by atoms with Gasteiger partial charge >= 0.3 is 0 Å². The van der Waals surface area contributed by atoms with E-state index in [9.17, 15) is 4.79 Å². The minimum absolute atomic E-state index is 0. The highest BCUT2D eigenvalue weighted by molar-refractivity contribution is 6.03. The zero-order valence-electron chi connectivity index (χ0n) is 18.2. The Balaban J connectivity index is 0.00000256. The molecule has 0 radical (unpaired) electrons. The van der Waals surface area contributed by atoms with Crippen molar-refractivity contribution in [2.75, 3.05) is 39.1 Å². The van der Waals surface area contributed by atoms with Crippen LogP contribution in [0.15, 0.2) is 22.6 Å². The van der Waals surface area contributed by atoms with Crippen LogP contribution in [0, 0.1) is 0 Å². The maximum absolute atomic E-state index is 11.8. The third-order valence-electron chi connectivity index (χ3n) is 6.68. The lowest BCUT2D eigenvalue weighted by Crippen LogP contribution is -2.55. The van der Waals surface area contributed by atoms with Gasteiger partial charge in [-0.05, 0) is 71.9 Å². The summed E-state index contributed by atoms with van der Waals surface area (Å²) in [6, 6.07) is 7.68. The fourth-order valence-corrected chi connectivity index (χ4v) is 5.09. The van der Waals surface area contributed by atoms with Crippen molar-refractivity contribution in [3.8, 4) is 0 Å². The third-order valence-corrected chi connectivity index (χ3v) is 6.68. The lowest BCUT2D eigenvalue weighted by Gasteiger charge is -2.49. The van der Waals surface area contributed by atoms with Gasteiger partial charge in [0.25, 0.3) is 11.9 Å². The molecule has 2 N–H and O–H groups in total.